The lowest BCUT2D eigenvalue weighted by Gasteiger charge is -2.06. The van der Waals surface area contributed by atoms with Crippen molar-refractivity contribution in [1.29, 1.82) is 0 Å². The molecule has 1 N–H and O–H groups in total. The van der Waals surface area contributed by atoms with Gasteiger partial charge in [-0.15, -0.1) is 0 Å². The molecule has 2 aromatic rings. The maximum absolute atomic E-state index is 12.2. The minimum atomic E-state index is -3.73. The van der Waals surface area contributed by atoms with Crippen LogP contribution in [-0.4, -0.2) is 13.5 Å². The molecule has 0 saturated carbocycles. The Labute approximate surface area is 104 Å². The highest BCUT2D eigenvalue weighted by atomic mass is 35.5. The maximum Gasteiger partial charge on any atom is 0.210 e. The highest BCUT2D eigenvalue weighted by Gasteiger charge is 2.21. The van der Waals surface area contributed by atoms with Crippen LogP contribution in [0.4, 0.5) is 0 Å². The first-order valence-electron chi connectivity index (χ1n) is 4.80. The second-order valence-electron chi connectivity index (χ2n) is 3.43. The first-order valence-corrected chi connectivity index (χ1v) is 6.66. The number of halogens is 1. The van der Waals surface area contributed by atoms with Crippen LogP contribution in [0.2, 0.25) is 5.02 Å². The average Bonchev–Trinajstić information content (AvgIpc) is 2.33. The van der Waals surface area contributed by atoms with Crippen molar-refractivity contribution in [2.75, 3.05) is 0 Å². The molecule has 0 spiro atoms. The molecule has 0 unspecified atom stereocenters. The molecule has 0 amide bonds. The van der Waals surface area contributed by atoms with Gasteiger partial charge in [0.1, 0.15) is 10.6 Å². The SMILES string of the molecule is O=S(=O)(c1ccccc1)c1cc(Cl)ccc1O. The first kappa shape index (κ1) is 12.0. The van der Waals surface area contributed by atoms with E-state index in [0.29, 0.717) is 0 Å². The molecule has 0 aliphatic rings. The van der Waals surface area contributed by atoms with Gasteiger partial charge in [0.15, 0.2) is 0 Å². The molecule has 0 aliphatic carbocycles. The standard InChI is InChI=1S/C12H9ClO3S/c13-9-6-7-11(14)12(8-9)17(15,16)10-4-2-1-3-5-10/h1-8,14H. The lowest BCUT2D eigenvalue weighted by molar-refractivity contribution is 0.459. The van der Waals surface area contributed by atoms with E-state index in [1.54, 1.807) is 18.2 Å². The molecule has 0 heterocycles. The summed E-state index contributed by atoms with van der Waals surface area (Å²) in [4.78, 5) is -0.0613. The third-order valence-electron chi connectivity index (χ3n) is 2.26. The number of phenols is 1. The van der Waals surface area contributed by atoms with Crippen LogP contribution in [0.5, 0.6) is 5.75 Å². The molecule has 0 fully saturated rings. The molecule has 0 aromatic heterocycles. The van der Waals surface area contributed by atoms with Crippen molar-refractivity contribution in [1.82, 2.24) is 0 Å². The van der Waals surface area contributed by atoms with E-state index in [2.05, 4.69) is 0 Å². The van der Waals surface area contributed by atoms with Crippen LogP contribution in [0.15, 0.2) is 58.3 Å². The lowest BCUT2D eigenvalue weighted by Crippen LogP contribution is -2.02. The Bertz CT molecular complexity index is 636. The summed E-state index contributed by atoms with van der Waals surface area (Å²) < 4.78 is 24.4. The van der Waals surface area contributed by atoms with Gasteiger partial charge in [-0.25, -0.2) is 8.42 Å². The summed E-state index contributed by atoms with van der Waals surface area (Å²) in [5, 5.41) is 9.86. The fourth-order valence-corrected chi connectivity index (χ4v) is 3.06. The average molecular weight is 269 g/mol. The third kappa shape index (κ3) is 2.28. The van der Waals surface area contributed by atoms with Gasteiger partial charge in [-0.1, -0.05) is 29.8 Å². The van der Waals surface area contributed by atoms with Crippen molar-refractivity contribution < 1.29 is 13.5 Å². The Morgan fingerprint density at radius 1 is 1.00 bits per heavy atom. The van der Waals surface area contributed by atoms with E-state index in [-0.39, 0.29) is 20.6 Å². The minimum absolute atomic E-state index is 0.123. The monoisotopic (exact) mass is 268 g/mol. The number of hydrogen-bond donors (Lipinski definition) is 1. The topological polar surface area (TPSA) is 54.4 Å². The van der Waals surface area contributed by atoms with E-state index in [1.165, 1.54) is 30.3 Å². The van der Waals surface area contributed by atoms with Crippen LogP contribution in [0.3, 0.4) is 0 Å². The van der Waals surface area contributed by atoms with Gasteiger partial charge in [-0.3, -0.25) is 0 Å². The molecule has 0 aliphatic heterocycles. The number of phenolic OH excluding ortho intramolecular Hbond substituents is 1. The van der Waals surface area contributed by atoms with E-state index < -0.39 is 9.84 Å². The smallest absolute Gasteiger partial charge is 0.210 e. The molecule has 2 aromatic carbocycles. The molecular weight excluding hydrogens is 260 g/mol. The zero-order valence-electron chi connectivity index (χ0n) is 8.67. The highest BCUT2D eigenvalue weighted by molar-refractivity contribution is 7.91. The van der Waals surface area contributed by atoms with Gasteiger partial charge in [0.25, 0.3) is 0 Å². The molecule has 3 nitrogen and oxygen atoms in total. The maximum atomic E-state index is 12.2. The molecule has 0 bridgehead atoms. The molecule has 0 atom stereocenters. The number of hydrogen-bond acceptors (Lipinski definition) is 3. The number of sulfone groups is 1. The van der Waals surface area contributed by atoms with Crippen LogP contribution in [0.25, 0.3) is 0 Å². The van der Waals surface area contributed by atoms with Crippen molar-refractivity contribution in [2.45, 2.75) is 9.79 Å². The highest BCUT2D eigenvalue weighted by Crippen LogP contribution is 2.30. The molecule has 88 valence electrons. The molecule has 5 heteroatoms. The Balaban J connectivity index is 2.64. The predicted molar refractivity (Wildman–Crippen MR) is 65.0 cm³/mol. The fourth-order valence-electron chi connectivity index (χ4n) is 1.43. The normalized spacial score (nSPS) is 11.4. The second kappa shape index (κ2) is 4.39. The van der Waals surface area contributed by atoms with Gasteiger partial charge in [-0.05, 0) is 30.3 Å². The summed E-state index contributed by atoms with van der Waals surface area (Å²) in [6.07, 6.45) is 0. The van der Waals surface area contributed by atoms with Gasteiger partial charge in [0.2, 0.25) is 9.84 Å². The van der Waals surface area contributed by atoms with Crippen molar-refractivity contribution >= 4 is 21.4 Å². The van der Waals surface area contributed by atoms with Crippen molar-refractivity contribution in [3.8, 4) is 5.75 Å². The van der Waals surface area contributed by atoms with E-state index in [0.717, 1.165) is 0 Å². The Hall–Kier alpha value is -1.52. The van der Waals surface area contributed by atoms with E-state index in [1.807, 2.05) is 0 Å². The summed E-state index contributed by atoms with van der Waals surface area (Å²) in [6, 6.07) is 11.8. The van der Waals surface area contributed by atoms with Crippen LogP contribution < -0.4 is 0 Å². The van der Waals surface area contributed by atoms with E-state index >= 15 is 0 Å². The zero-order valence-corrected chi connectivity index (χ0v) is 10.2. The summed E-state index contributed by atoms with van der Waals surface area (Å²) in [5.41, 5.74) is 0. The van der Waals surface area contributed by atoms with Gasteiger partial charge >= 0.3 is 0 Å². The minimum Gasteiger partial charge on any atom is -0.507 e. The summed E-state index contributed by atoms with van der Waals surface area (Å²) in [6.45, 7) is 0. The second-order valence-corrected chi connectivity index (χ2v) is 5.78. The van der Waals surface area contributed by atoms with Crippen molar-refractivity contribution in [3.05, 3.63) is 53.6 Å². The number of benzene rings is 2. The van der Waals surface area contributed by atoms with E-state index in [4.69, 9.17) is 11.6 Å². The largest absolute Gasteiger partial charge is 0.507 e. The van der Waals surface area contributed by atoms with Crippen molar-refractivity contribution in [2.24, 2.45) is 0 Å². The van der Waals surface area contributed by atoms with Crippen LogP contribution >= 0.6 is 11.6 Å². The van der Waals surface area contributed by atoms with Gasteiger partial charge < -0.3 is 5.11 Å². The first-order chi connectivity index (χ1) is 8.01. The molecule has 0 radical (unpaired) electrons. The van der Waals surface area contributed by atoms with Crippen molar-refractivity contribution in [3.63, 3.8) is 0 Å². The quantitative estimate of drug-likeness (QED) is 0.911. The van der Waals surface area contributed by atoms with Gasteiger partial charge in [-0.2, -0.15) is 0 Å². The molecule has 17 heavy (non-hydrogen) atoms. The van der Waals surface area contributed by atoms with Crippen LogP contribution in [0.1, 0.15) is 0 Å². The zero-order chi connectivity index (χ0) is 12.5. The summed E-state index contributed by atoms with van der Waals surface area (Å²) in [7, 11) is -3.73. The van der Waals surface area contributed by atoms with Crippen LogP contribution in [0, 0.1) is 0 Å². The van der Waals surface area contributed by atoms with Gasteiger partial charge in [0.05, 0.1) is 4.90 Å². The number of rotatable bonds is 2. The summed E-state index contributed by atoms with van der Waals surface area (Å²) >= 11 is 5.73. The fraction of sp³-hybridized carbons (Fsp3) is 0. The molecule has 2 rings (SSSR count). The van der Waals surface area contributed by atoms with Gasteiger partial charge in [0, 0.05) is 5.02 Å². The predicted octanol–water partition coefficient (Wildman–Crippen LogP) is 2.88. The van der Waals surface area contributed by atoms with Crippen LogP contribution in [-0.2, 0) is 9.84 Å². The molecule has 0 saturated heterocycles. The molecular formula is C12H9ClO3S. The third-order valence-corrected chi connectivity index (χ3v) is 4.30. The summed E-state index contributed by atoms with van der Waals surface area (Å²) in [5.74, 6) is -0.307. The number of aromatic hydroxyl groups is 1. The van der Waals surface area contributed by atoms with E-state index in [9.17, 15) is 13.5 Å². The Morgan fingerprint density at radius 3 is 2.29 bits per heavy atom. The lowest BCUT2D eigenvalue weighted by atomic mass is 10.3. The Morgan fingerprint density at radius 2 is 1.65 bits per heavy atom. The Kier molecular flexibility index (Phi) is 3.09.